The van der Waals surface area contributed by atoms with E-state index in [0.717, 1.165) is 15.8 Å². The molecular weight excluding hydrogens is 370 g/mol. The van der Waals surface area contributed by atoms with Gasteiger partial charge in [-0.1, -0.05) is 17.3 Å². The van der Waals surface area contributed by atoms with Crippen LogP contribution in [0.3, 0.4) is 0 Å². The molecule has 148 valence electrons. The summed E-state index contributed by atoms with van der Waals surface area (Å²) in [5.74, 6) is 0.922. The number of benzene rings is 1. The third-order valence-corrected chi connectivity index (χ3v) is 4.28. The number of amides is 1. The van der Waals surface area contributed by atoms with Crippen molar-refractivity contribution in [3.63, 3.8) is 0 Å². The topological polar surface area (TPSA) is 82.2 Å². The zero-order valence-electron chi connectivity index (χ0n) is 15.5. The first kappa shape index (κ1) is 19.5. The summed E-state index contributed by atoms with van der Waals surface area (Å²) in [5.41, 5.74) is 1.91. The van der Waals surface area contributed by atoms with Crippen LogP contribution in [0.2, 0.25) is 0 Å². The van der Waals surface area contributed by atoms with Gasteiger partial charge in [-0.25, -0.2) is 4.98 Å². The number of ether oxygens (including phenoxy) is 1. The van der Waals surface area contributed by atoms with Crippen LogP contribution < -0.4 is 10.1 Å². The standard InChI is InChI=1S/C19H20F2N4O3/c1-12-15(13(2)28-24-12)11-27-16-6-4-3-5-14(16)18(26)23-8-7-17-22-9-10-25(17)19(20)21/h3-6,9-10,19H,7-8,11H2,1-2H3,(H,23,26). The minimum Gasteiger partial charge on any atom is -0.488 e. The van der Waals surface area contributed by atoms with Crippen LogP contribution in [0.5, 0.6) is 5.75 Å². The van der Waals surface area contributed by atoms with Crippen molar-refractivity contribution in [1.29, 1.82) is 0 Å². The zero-order valence-corrected chi connectivity index (χ0v) is 15.5. The van der Waals surface area contributed by atoms with Gasteiger partial charge in [0.2, 0.25) is 0 Å². The van der Waals surface area contributed by atoms with Gasteiger partial charge in [0.25, 0.3) is 5.91 Å². The molecule has 28 heavy (non-hydrogen) atoms. The van der Waals surface area contributed by atoms with E-state index in [1.165, 1.54) is 12.4 Å². The molecule has 0 radical (unpaired) electrons. The molecule has 2 aromatic heterocycles. The van der Waals surface area contributed by atoms with E-state index in [0.29, 0.717) is 17.1 Å². The van der Waals surface area contributed by atoms with Crippen LogP contribution in [-0.2, 0) is 13.0 Å². The molecule has 0 bridgehead atoms. The van der Waals surface area contributed by atoms with Gasteiger partial charge < -0.3 is 14.6 Å². The predicted molar refractivity (Wildman–Crippen MR) is 96.3 cm³/mol. The molecule has 9 heteroatoms. The van der Waals surface area contributed by atoms with Crippen LogP contribution >= 0.6 is 0 Å². The number of para-hydroxylation sites is 1. The number of imidazole rings is 1. The third kappa shape index (κ3) is 4.36. The molecule has 0 fully saturated rings. The van der Waals surface area contributed by atoms with Crippen LogP contribution in [-0.4, -0.2) is 27.2 Å². The van der Waals surface area contributed by atoms with Crippen LogP contribution in [0.1, 0.15) is 39.7 Å². The highest BCUT2D eigenvalue weighted by atomic mass is 19.3. The van der Waals surface area contributed by atoms with Gasteiger partial charge in [-0.15, -0.1) is 0 Å². The molecule has 0 spiro atoms. The van der Waals surface area contributed by atoms with Gasteiger partial charge in [-0.3, -0.25) is 9.36 Å². The molecule has 0 saturated carbocycles. The molecule has 0 unspecified atom stereocenters. The fourth-order valence-corrected chi connectivity index (χ4v) is 2.74. The average molecular weight is 390 g/mol. The summed E-state index contributed by atoms with van der Waals surface area (Å²) in [6, 6.07) is 6.81. The van der Waals surface area contributed by atoms with E-state index in [4.69, 9.17) is 9.26 Å². The number of alkyl halides is 2. The predicted octanol–water partition coefficient (Wildman–Crippen LogP) is 3.43. The summed E-state index contributed by atoms with van der Waals surface area (Å²) in [5, 5.41) is 6.59. The lowest BCUT2D eigenvalue weighted by Gasteiger charge is -2.12. The first-order valence-corrected chi connectivity index (χ1v) is 8.69. The van der Waals surface area contributed by atoms with E-state index in [2.05, 4.69) is 15.5 Å². The Morgan fingerprint density at radius 3 is 2.82 bits per heavy atom. The quantitative estimate of drug-likeness (QED) is 0.637. The van der Waals surface area contributed by atoms with Crippen LogP contribution in [0.4, 0.5) is 8.78 Å². The SMILES string of the molecule is Cc1noc(C)c1COc1ccccc1C(=O)NCCc1nccn1C(F)F. The maximum absolute atomic E-state index is 12.8. The maximum atomic E-state index is 12.8. The fourth-order valence-electron chi connectivity index (χ4n) is 2.74. The Morgan fingerprint density at radius 2 is 2.11 bits per heavy atom. The molecule has 0 saturated heterocycles. The Bertz CT molecular complexity index is 933. The Labute approximate surface area is 160 Å². The molecule has 1 aromatic carbocycles. The number of nitrogens with zero attached hydrogens (tertiary/aromatic N) is 3. The third-order valence-electron chi connectivity index (χ3n) is 4.28. The number of halogens is 2. The monoisotopic (exact) mass is 390 g/mol. The van der Waals surface area contributed by atoms with Crippen molar-refractivity contribution in [2.24, 2.45) is 0 Å². The zero-order chi connectivity index (χ0) is 20.1. The molecule has 1 amide bonds. The van der Waals surface area contributed by atoms with Crippen molar-refractivity contribution in [3.8, 4) is 5.75 Å². The summed E-state index contributed by atoms with van der Waals surface area (Å²) in [4.78, 5) is 16.4. The molecule has 2 heterocycles. The van der Waals surface area contributed by atoms with E-state index >= 15 is 0 Å². The second kappa shape index (κ2) is 8.64. The molecule has 0 aliphatic rings. The van der Waals surface area contributed by atoms with Crippen molar-refractivity contribution >= 4 is 5.91 Å². The van der Waals surface area contributed by atoms with Crippen LogP contribution in [0, 0.1) is 13.8 Å². The first-order chi connectivity index (χ1) is 13.5. The average Bonchev–Trinajstić information content (AvgIpc) is 3.27. The molecule has 1 N–H and O–H groups in total. The largest absolute Gasteiger partial charge is 0.488 e. The van der Waals surface area contributed by atoms with Crippen molar-refractivity contribution in [2.45, 2.75) is 33.4 Å². The van der Waals surface area contributed by atoms with Crippen LogP contribution in [0.15, 0.2) is 41.2 Å². The van der Waals surface area contributed by atoms with E-state index in [1.807, 2.05) is 6.92 Å². The lowest BCUT2D eigenvalue weighted by Crippen LogP contribution is -2.27. The molecule has 0 aliphatic heterocycles. The maximum Gasteiger partial charge on any atom is 0.319 e. The lowest BCUT2D eigenvalue weighted by atomic mass is 10.1. The lowest BCUT2D eigenvalue weighted by molar-refractivity contribution is 0.0670. The van der Waals surface area contributed by atoms with Crippen molar-refractivity contribution in [2.75, 3.05) is 6.54 Å². The number of hydrogen-bond donors (Lipinski definition) is 1. The molecule has 7 nitrogen and oxygen atoms in total. The van der Waals surface area contributed by atoms with Gasteiger partial charge in [0, 0.05) is 25.4 Å². The molecule has 0 atom stereocenters. The van der Waals surface area contributed by atoms with Gasteiger partial charge in [-0.2, -0.15) is 8.78 Å². The second-order valence-electron chi connectivity index (χ2n) is 6.12. The number of aromatic nitrogens is 3. The minimum atomic E-state index is -2.66. The minimum absolute atomic E-state index is 0.167. The second-order valence-corrected chi connectivity index (χ2v) is 6.12. The summed E-state index contributed by atoms with van der Waals surface area (Å²) in [6.07, 6.45) is 2.70. The van der Waals surface area contributed by atoms with Crippen molar-refractivity contribution in [3.05, 3.63) is 65.1 Å². The van der Waals surface area contributed by atoms with E-state index < -0.39 is 6.55 Å². The Morgan fingerprint density at radius 1 is 1.32 bits per heavy atom. The normalized spacial score (nSPS) is 11.0. The highest BCUT2D eigenvalue weighted by molar-refractivity contribution is 5.96. The van der Waals surface area contributed by atoms with E-state index in [1.54, 1.807) is 31.2 Å². The molecule has 3 rings (SSSR count). The number of rotatable bonds is 8. The Hall–Kier alpha value is -3.23. The van der Waals surface area contributed by atoms with Gasteiger partial charge >= 0.3 is 6.55 Å². The molecular formula is C19H20F2N4O3. The summed E-state index contributed by atoms with van der Waals surface area (Å²) in [7, 11) is 0. The van der Waals surface area contributed by atoms with Crippen molar-refractivity contribution < 1.29 is 22.8 Å². The van der Waals surface area contributed by atoms with E-state index in [-0.39, 0.29) is 31.3 Å². The van der Waals surface area contributed by atoms with Crippen LogP contribution in [0.25, 0.3) is 0 Å². The molecule has 0 aliphatic carbocycles. The number of aryl methyl sites for hydroxylation is 2. The van der Waals surface area contributed by atoms with Gasteiger partial charge in [0.05, 0.1) is 16.8 Å². The highest BCUT2D eigenvalue weighted by Crippen LogP contribution is 2.21. The summed E-state index contributed by atoms with van der Waals surface area (Å²) >= 11 is 0. The molecule has 3 aromatic rings. The first-order valence-electron chi connectivity index (χ1n) is 8.69. The number of carbonyl (C=O) groups excluding carboxylic acids is 1. The summed E-state index contributed by atoms with van der Waals surface area (Å²) < 4.78 is 37.3. The smallest absolute Gasteiger partial charge is 0.319 e. The Kier molecular flexibility index (Phi) is 6.03. The number of carbonyl (C=O) groups is 1. The highest BCUT2D eigenvalue weighted by Gasteiger charge is 2.16. The number of hydrogen-bond acceptors (Lipinski definition) is 5. The van der Waals surface area contributed by atoms with Crippen molar-refractivity contribution in [1.82, 2.24) is 20.0 Å². The van der Waals surface area contributed by atoms with Gasteiger partial charge in [0.1, 0.15) is 23.9 Å². The fraction of sp³-hybridized carbons (Fsp3) is 0.316. The summed E-state index contributed by atoms with van der Waals surface area (Å²) in [6.45, 7) is 1.34. The van der Waals surface area contributed by atoms with E-state index in [9.17, 15) is 13.6 Å². The Balaban J connectivity index is 1.61. The van der Waals surface area contributed by atoms with Gasteiger partial charge in [0.15, 0.2) is 0 Å². The number of nitrogens with one attached hydrogen (secondary N) is 1. The van der Waals surface area contributed by atoms with Gasteiger partial charge in [-0.05, 0) is 26.0 Å².